The van der Waals surface area contributed by atoms with Gasteiger partial charge in [0.25, 0.3) is 0 Å². The Bertz CT molecular complexity index is 413. The Labute approximate surface area is 130 Å². The fourth-order valence-corrected chi connectivity index (χ4v) is 3.19. The molecule has 1 atom stereocenters. The van der Waals surface area contributed by atoms with Crippen LogP contribution in [-0.2, 0) is 11.2 Å². The molecule has 1 aromatic rings. The molecular formula is C16H25BrFNO. The van der Waals surface area contributed by atoms with Gasteiger partial charge in [-0.2, -0.15) is 0 Å². The molecule has 0 aliphatic heterocycles. The van der Waals surface area contributed by atoms with Crippen LogP contribution in [0.1, 0.15) is 39.2 Å². The molecule has 1 N–H and O–H groups in total. The normalized spacial score (nSPS) is 13.5. The first kappa shape index (κ1) is 17.6. The third-order valence-electron chi connectivity index (χ3n) is 4.12. The fourth-order valence-electron chi connectivity index (χ4n) is 2.78. The molecule has 0 aliphatic rings. The van der Waals surface area contributed by atoms with Gasteiger partial charge in [0.05, 0.1) is 5.60 Å². The molecule has 0 amide bonds. The zero-order chi connectivity index (χ0) is 15.2. The minimum absolute atomic E-state index is 0.0938. The highest BCUT2D eigenvalue weighted by atomic mass is 79.9. The van der Waals surface area contributed by atoms with Gasteiger partial charge in [-0.25, -0.2) is 4.39 Å². The lowest BCUT2D eigenvalue weighted by Crippen LogP contribution is -2.52. The molecule has 114 valence electrons. The lowest BCUT2D eigenvalue weighted by atomic mass is 9.84. The number of rotatable bonds is 8. The summed E-state index contributed by atoms with van der Waals surface area (Å²) >= 11 is 3.41. The van der Waals surface area contributed by atoms with Crippen molar-refractivity contribution in [1.29, 1.82) is 0 Å². The van der Waals surface area contributed by atoms with E-state index in [-0.39, 0.29) is 17.5 Å². The van der Waals surface area contributed by atoms with Crippen molar-refractivity contribution >= 4 is 15.9 Å². The zero-order valence-electron chi connectivity index (χ0n) is 12.8. The highest BCUT2D eigenvalue weighted by Crippen LogP contribution is 2.28. The standard InChI is InChI=1S/C16H25BrFNO/c1-5-16(6-2,20-4)15(19-7-3)11-12-10-13(17)8-9-14(12)18/h8-10,15,19H,5-7,11H2,1-4H3. The van der Waals surface area contributed by atoms with Crippen LogP contribution in [0.2, 0.25) is 0 Å². The van der Waals surface area contributed by atoms with Crippen LogP contribution in [0.4, 0.5) is 4.39 Å². The molecule has 4 heteroatoms. The topological polar surface area (TPSA) is 21.3 Å². The second-order valence-corrected chi connectivity index (χ2v) is 5.94. The van der Waals surface area contributed by atoms with Gasteiger partial charge in [0.15, 0.2) is 0 Å². The van der Waals surface area contributed by atoms with Gasteiger partial charge >= 0.3 is 0 Å². The van der Waals surface area contributed by atoms with E-state index in [0.29, 0.717) is 12.0 Å². The summed E-state index contributed by atoms with van der Waals surface area (Å²) in [6, 6.07) is 5.18. The molecule has 0 spiro atoms. The van der Waals surface area contributed by atoms with Gasteiger partial charge in [-0.15, -0.1) is 0 Å². The molecule has 1 aromatic carbocycles. The maximum Gasteiger partial charge on any atom is 0.126 e. The van der Waals surface area contributed by atoms with E-state index >= 15 is 0 Å². The van der Waals surface area contributed by atoms with Crippen molar-refractivity contribution in [2.24, 2.45) is 0 Å². The number of benzene rings is 1. The lowest BCUT2D eigenvalue weighted by molar-refractivity contribution is -0.0470. The summed E-state index contributed by atoms with van der Waals surface area (Å²) in [5.41, 5.74) is 0.457. The van der Waals surface area contributed by atoms with Gasteiger partial charge in [-0.1, -0.05) is 36.7 Å². The minimum Gasteiger partial charge on any atom is -0.377 e. The number of hydrogen-bond acceptors (Lipinski definition) is 2. The monoisotopic (exact) mass is 345 g/mol. The Balaban J connectivity index is 3.05. The molecule has 0 aliphatic carbocycles. The van der Waals surface area contributed by atoms with Crippen LogP contribution in [0.5, 0.6) is 0 Å². The van der Waals surface area contributed by atoms with Crippen molar-refractivity contribution in [3.05, 3.63) is 34.1 Å². The third-order valence-corrected chi connectivity index (χ3v) is 4.61. The second-order valence-electron chi connectivity index (χ2n) is 5.03. The third kappa shape index (κ3) is 4.03. The van der Waals surface area contributed by atoms with Crippen LogP contribution < -0.4 is 5.32 Å². The predicted molar refractivity (Wildman–Crippen MR) is 85.6 cm³/mol. The van der Waals surface area contributed by atoms with Crippen LogP contribution in [-0.4, -0.2) is 25.3 Å². The van der Waals surface area contributed by atoms with E-state index in [1.165, 1.54) is 6.07 Å². The first-order valence-corrected chi connectivity index (χ1v) is 8.04. The highest BCUT2D eigenvalue weighted by molar-refractivity contribution is 9.10. The maximum atomic E-state index is 14.0. The first-order chi connectivity index (χ1) is 9.52. The first-order valence-electron chi connectivity index (χ1n) is 7.25. The van der Waals surface area contributed by atoms with Gasteiger partial charge < -0.3 is 10.1 Å². The Morgan fingerprint density at radius 2 is 1.95 bits per heavy atom. The predicted octanol–water partition coefficient (Wildman–Crippen LogP) is 4.31. The van der Waals surface area contributed by atoms with Crippen molar-refractivity contribution in [2.45, 2.75) is 51.7 Å². The van der Waals surface area contributed by atoms with Gasteiger partial charge in [0, 0.05) is 17.6 Å². The second kappa shape index (κ2) is 8.11. The zero-order valence-corrected chi connectivity index (χ0v) is 14.4. The minimum atomic E-state index is -0.259. The molecule has 1 rings (SSSR count). The van der Waals surface area contributed by atoms with Crippen molar-refractivity contribution in [3.63, 3.8) is 0 Å². The van der Waals surface area contributed by atoms with E-state index in [9.17, 15) is 4.39 Å². The molecule has 0 saturated heterocycles. The van der Waals surface area contributed by atoms with E-state index in [4.69, 9.17) is 4.74 Å². The number of likely N-dealkylation sites (N-methyl/N-ethyl adjacent to an activating group) is 1. The molecule has 20 heavy (non-hydrogen) atoms. The number of hydrogen-bond donors (Lipinski definition) is 1. The van der Waals surface area contributed by atoms with Crippen LogP contribution >= 0.6 is 15.9 Å². The average molecular weight is 346 g/mol. The van der Waals surface area contributed by atoms with Crippen molar-refractivity contribution in [2.75, 3.05) is 13.7 Å². The summed E-state index contributed by atoms with van der Waals surface area (Å²) in [7, 11) is 1.74. The molecule has 0 fully saturated rings. The number of halogens is 2. The highest BCUT2D eigenvalue weighted by Gasteiger charge is 2.35. The number of ether oxygens (including phenoxy) is 1. The van der Waals surface area contributed by atoms with Gasteiger partial charge in [-0.05, 0) is 49.6 Å². The van der Waals surface area contributed by atoms with E-state index in [2.05, 4.69) is 42.0 Å². The van der Waals surface area contributed by atoms with Crippen LogP contribution in [0.3, 0.4) is 0 Å². The summed E-state index contributed by atoms with van der Waals surface area (Å²) in [4.78, 5) is 0. The molecular weight excluding hydrogens is 321 g/mol. The Morgan fingerprint density at radius 1 is 1.30 bits per heavy atom. The Hall–Kier alpha value is -0.450. The van der Waals surface area contributed by atoms with Gasteiger partial charge in [-0.3, -0.25) is 0 Å². The molecule has 0 saturated carbocycles. The largest absolute Gasteiger partial charge is 0.377 e. The maximum absolute atomic E-state index is 14.0. The van der Waals surface area contributed by atoms with E-state index in [1.54, 1.807) is 13.2 Å². The van der Waals surface area contributed by atoms with E-state index < -0.39 is 0 Å². The van der Waals surface area contributed by atoms with Crippen molar-refractivity contribution in [3.8, 4) is 0 Å². The SMILES string of the molecule is CCNC(Cc1cc(Br)ccc1F)C(CC)(CC)OC. The molecule has 0 radical (unpaired) electrons. The quantitative estimate of drug-likeness (QED) is 0.757. The summed E-state index contributed by atoms with van der Waals surface area (Å²) in [5, 5.41) is 3.46. The van der Waals surface area contributed by atoms with Crippen LogP contribution in [0, 0.1) is 5.82 Å². The summed E-state index contributed by atoms with van der Waals surface area (Å²) < 4.78 is 20.7. The average Bonchev–Trinajstić information content (AvgIpc) is 2.45. The van der Waals surface area contributed by atoms with Crippen LogP contribution in [0.25, 0.3) is 0 Å². The molecule has 1 unspecified atom stereocenters. The van der Waals surface area contributed by atoms with E-state index in [0.717, 1.165) is 23.9 Å². The lowest BCUT2D eigenvalue weighted by Gasteiger charge is -2.39. The van der Waals surface area contributed by atoms with Gasteiger partial charge in [0.2, 0.25) is 0 Å². The fraction of sp³-hybridized carbons (Fsp3) is 0.625. The summed E-state index contributed by atoms with van der Waals surface area (Å²) in [6.45, 7) is 7.14. The van der Waals surface area contributed by atoms with Crippen LogP contribution in [0.15, 0.2) is 22.7 Å². The van der Waals surface area contributed by atoms with E-state index in [1.807, 2.05) is 6.07 Å². The summed E-state index contributed by atoms with van der Waals surface area (Å²) in [6.07, 6.45) is 2.41. The smallest absolute Gasteiger partial charge is 0.126 e. The van der Waals surface area contributed by atoms with Crippen molar-refractivity contribution in [1.82, 2.24) is 5.32 Å². The Morgan fingerprint density at radius 3 is 2.45 bits per heavy atom. The Kier molecular flexibility index (Phi) is 7.13. The molecule has 0 bridgehead atoms. The number of nitrogens with one attached hydrogen (secondary N) is 1. The van der Waals surface area contributed by atoms with Gasteiger partial charge in [0.1, 0.15) is 5.82 Å². The molecule has 0 heterocycles. The number of methoxy groups -OCH3 is 1. The summed E-state index contributed by atoms with van der Waals surface area (Å²) in [5.74, 6) is -0.159. The molecule has 2 nitrogen and oxygen atoms in total. The molecule has 0 aromatic heterocycles. The van der Waals surface area contributed by atoms with Crippen molar-refractivity contribution < 1.29 is 9.13 Å².